The van der Waals surface area contributed by atoms with Gasteiger partial charge in [0.25, 0.3) is 0 Å². The molecular weight excluding hydrogens is 281 g/mol. The Morgan fingerprint density at radius 3 is 2.64 bits per heavy atom. The van der Waals surface area contributed by atoms with Gasteiger partial charge in [0.2, 0.25) is 5.52 Å². The monoisotopic (exact) mass is 293 g/mol. The van der Waals surface area contributed by atoms with Crippen LogP contribution in [0.25, 0.3) is 17.0 Å². The number of hydrogen-bond acceptors (Lipinski definition) is 2. The maximum atomic E-state index is 12.8. The molecule has 3 nitrogen and oxygen atoms in total. The standard InChI is InChI=1S/C18H12FNO2/c19-16-7-5-14(6-8-16)18(21)10-4-13-3-9-17-15(12-13)2-1-11-20(17)22/h1-12H/b10-4+. The molecule has 0 saturated carbocycles. The fraction of sp³-hybridized carbons (Fsp3) is 0. The fourth-order valence-electron chi connectivity index (χ4n) is 2.20. The van der Waals surface area contributed by atoms with Gasteiger partial charge < -0.3 is 5.21 Å². The number of pyridine rings is 1. The highest BCUT2D eigenvalue weighted by atomic mass is 19.1. The first-order valence-electron chi connectivity index (χ1n) is 6.73. The van der Waals surface area contributed by atoms with Crippen LogP contribution in [0.4, 0.5) is 4.39 Å². The topological polar surface area (TPSA) is 44.0 Å². The Kier molecular flexibility index (Phi) is 3.66. The van der Waals surface area contributed by atoms with Crippen LogP contribution in [0, 0.1) is 11.0 Å². The number of rotatable bonds is 3. The molecule has 1 heterocycles. The van der Waals surface area contributed by atoms with Crippen LogP contribution in [0.3, 0.4) is 0 Å². The number of allylic oxidation sites excluding steroid dienone is 1. The molecule has 0 fully saturated rings. The minimum Gasteiger partial charge on any atom is -0.618 e. The van der Waals surface area contributed by atoms with Gasteiger partial charge in [-0.05, 0) is 54.1 Å². The molecule has 0 aliphatic carbocycles. The molecule has 0 aliphatic rings. The molecule has 3 aromatic rings. The van der Waals surface area contributed by atoms with Gasteiger partial charge in [0, 0.05) is 23.1 Å². The molecule has 3 rings (SSSR count). The first kappa shape index (κ1) is 13.9. The summed E-state index contributed by atoms with van der Waals surface area (Å²) in [6.07, 6.45) is 4.55. The van der Waals surface area contributed by atoms with Crippen molar-refractivity contribution >= 4 is 22.8 Å². The third kappa shape index (κ3) is 2.86. The van der Waals surface area contributed by atoms with Crippen molar-refractivity contribution in [2.75, 3.05) is 0 Å². The van der Waals surface area contributed by atoms with Crippen molar-refractivity contribution in [3.63, 3.8) is 0 Å². The fourth-order valence-corrected chi connectivity index (χ4v) is 2.20. The van der Waals surface area contributed by atoms with E-state index >= 15 is 0 Å². The lowest BCUT2D eigenvalue weighted by atomic mass is 10.1. The Hall–Kier alpha value is -3.01. The van der Waals surface area contributed by atoms with Gasteiger partial charge in [-0.15, -0.1) is 0 Å². The van der Waals surface area contributed by atoms with Crippen molar-refractivity contribution in [2.24, 2.45) is 0 Å². The van der Waals surface area contributed by atoms with Crippen LogP contribution in [0.1, 0.15) is 15.9 Å². The maximum Gasteiger partial charge on any atom is 0.223 e. The van der Waals surface area contributed by atoms with Gasteiger partial charge in [-0.3, -0.25) is 4.79 Å². The number of hydrogen-bond donors (Lipinski definition) is 0. The van der Waals surface area contributed by atoms with Crippen LogP contribution in [0.5, 0.6) is 0 Å². The quantitative estimate of drug-likeness (QED) is 0.321. The Bertz CT molecular complexity index is 870. The summed E-state index contributed by atoms with van der Waals surface area (Å²) in [7, 11) is 0. The number of ketones is 1. The zero-order chi connectivity index (χ0) is 15.5. The predicted molar refractivity (Wildman–Crippen MR) is 82.7 cm³/mol. The normalized spacial score (nSPS) is 11.1. The third-order valence-electron chi connectivity index (χ3n) is 3.34. The van der Waals surface area contributed by atoms with Crippen LogP contribution in [0.15, 0.2) is 66.9 Å². The average molecular weight is 293 g/mol. The van der Waals surface area contributed by atoms with Crippen molar-refractivity contribution in [2.45, 2.75) is 0 Å². The third-order valence-corrected chi connectivity index (χ3v) is 3.34. The first-order chi connectivity index (χ1) is 10.6. The number of aromatic nitrogens is 1. The van der Waals surface area contributed by atoms with Gasteiger partial charge in [0.1, 0.15) is 5.82 Å². The Labute approximate surface area is 126 Å². The number of benzene rings is 2. The summed E-state index contributed by atoms with van der Waals surface area (Å²) >= 11 is 0. The first-order valence-corrected chi connectivity index (χ1v) is 6.73. The van der Waals surface area contributed by atoms with E-state index in [2.05, 4.69) is 0 Å². The highest BCUT2D eigenvalue weighted by molar-refractivity contribution is 6.06. The number of halogens is 1. The molecule has 22 heavy (non-hydrogen) atoms. The Morgan fingerprint density at radius 1 is 1.09 bits per heavy atom. The lowest BCUT2D eigenvalue weighted by molar-refractivity contribution is -0.577. The smallest absolute Gasteiger partial charge is 0.223 e. The average Bonchev–Trinajstić information content (AvgIpc) is 2.53. The summed E-state index contributed by atoms with van der Waals surface area (Å²) < 4.78 is 13.6. The zero-order valence-corrected chi connectivity index (χ0v) is 11.6. The van der Waals surface area contributed by atoms with E-state index in [0.717, 1.165) is 15.7 Å². The number of fused-ring (bicyclic) bond motifs is 1. The Morgan fingerprint density at radius 2 is 1.86 bits per heavy atom. The molecule has 0 atom stereocenters. The molecule has 0 aliphatic heterocycles. The molecule has 0 saturated heterocycles. The van der Waals surface area contributed by atoms with Gasteiger partial charge in [0.15, 0.2) is 12.0 Å². The number of carbonyl (C=O) groups excluding carboxylic acids is 1. The zero-order valence-electron chi connectivity index (χ0n) is 11.6. The van der Waals surface area contributed by atoms with Crippen LogP contribution in [-0.4, -0.2) is 5.78 Å². The van der Waals surface area contributed by atoms with Gasteiger partial charge in [0.05, 0.1) is 0 Å². The van der Waals surface area contributed by atoms with Crippen LogP contribution >= 0.6 is 0 Å². The molecule has 0 spiro atoms. The van der Waals surface area contributed by atoms with Crippen molar-refractivity contribution in [3.8, 4) is 0 Å². The van der Waals surface area contributed by atoms with Crippen molar-refractivity contribution < 1.29 is 13.9 Å². The molecule has 0 unspecified atom stereocenters. The van der Waals surface area contributed by atoms with Gasteiger partial charge in [-0.2, -0.15) is 4.73 Å². The van der Waals surface area contributed by atoms with Crippen molar-refractivity contribution in [1.29, 1.82) is 0 Å². The van der Waals surface area contributed by atoms with Crippen LogP contribution in [0.2, 0.25) is 0 Å². The van der Waals surface area contributed by atoms with Crippen LogP contribution < -0.4 is 4.73 Å². The molecule has 2 aromatic carbocycles. The summed E-state index contributed by atoms with van der Waals surface area (Å²) in [6, 6.07) is 14.2. The predicted octanol–water partition coefficient (Wildman–Crippen LogP) is 3.51. The van der Waals surface area contributed by atoms with E-state index in [0.29, 0.717) is 11.1 Å². The highest BCUT2D eigenvalue weighted by Crippen LogP contribution is 2.14. The summed E-state index contributed by atoms with van der Waals surface area (Å²) in [5.41, 5.74) is 1.81. The minimum absolute atomic E-state index is 0.202. The minimum atomic E-state index is -0.374. The summed E-state index contributed by atoms with van der Waals surface area (Å²) in [6.45, 7) is 0. The molecule has 4 heteroatoms. The summed E-state index contributed by atoms with van der Waals surface area (Å²) in [5, 5.41) is 12.4. The molecule has 0 N–H and O–H groups in total. The summed E-state index contributed by atoms with van der Waals surface area (Å²) in [4.78, 5) is 12.0. The lowest BCUT2D eigenvalue weighted by Gasteiger charge is -2.01. The van der Waals surface area contributed by atoms with E-state index in [4.69, 9.17) is 0 Å². The SMILES string of the molecule is O=C(/C=C/c1ccc2c(ccc[n+]2[O-])c1)c1ccc(F)cc1. The largest absolute Gasteiger partial charge is 0.618 e. The van der Waals surface area contributed by atoms with Gasteiger partial charge in [-0.1, -0.05) is 6.08 Å². The van der Waals surface area contributed by atoms with Crippen molar-refractivity contribution in [1.82, 2.24) is 0 Å². The number of nitrogens with zero attached hydrogens (tertiary/aromatic N) is 1. The molecule has 0 radical (unpaired) electrons. The van der Waals surface area contributed by atoms with Gasteiger partial charge in [-0.25, -0.2) is 4.39 Å². The maximum absolute atomic E-state index is 12.8. The lowest BCUT2D eigenvalue weighted by Crippen LogP contribution is -2.25. The molecule has 108 valence electrons. The number of carbonyl (C=O) groups is 1. The van der Waals surface area contributed by atoms with Gasteiger partial charge >= 0.3 is 0 Å². The molecule has 1 aromatic heterocycles. The Balaban J connectivity index is 1.86. The van der Waals surface area contributed by atoms with E-state index in [1.165, 1.54) is 36.5 Å². The van der Waals surface area contributed by atoms with E-state index in [1.54, 1.807) is 24.3 Å². The molecule has 0 amide bonds. The van der Waals surface area contributed by atoms with E-state index in [1.807, 2.05) is 12.1 Å². The summed E-state index contributed by atoms with van der Waals surface area (Å²) in [5.74, 6) is -0.576. The van der Waals surface area contributed by atoms with E-state index in [9.17, 15) is 14.4 Å². The van der Waals surface area contributed by atoms with Crippen LogP contribution in [-0.2, 0) is 0 Å². The molecule has 0 bridgehead atoms. The highest BCUT2D eigenvalue weighted by Gasteiger charge is 2.04. The van der Waals surface area contributed by atoms with Crippen molar-refractivity contribution in [3.05, 3.63) is 89.0 Å². The second kappa shape index (κ2) is 5.77. The second-order valence-corrected chi connectivity index (χ2v) is 4.86. The van der Waals surface area contributed by atoms with E-state index in [-0.39, 0.29) is 11.6 Å². The second-order valence-electron chi connectivity index (χ2n) is 4.86. The van der Waals surface area contributed by atoms with E-state index < -0.39 is 0 Å². The molecular formula is C18H12FNO2.